The molecule has 5 rings (SSSR count). The molecular formula is C23H19N3O2S2. The van der Waals surface area contributed by atoms with Gasteiger partial charge in [-0.05, 0) is 36.4 Å². The van der Waals surface area contributed by atoms with E-state index in [2.05, 4.69) is 17.1 Å². The number of aromatic nitrogens is 2. The lowest BCUT2D eigenvalue weighted by atomic mass is 10.3. The second-order valence-electron chi connectivity index (χ2n) is 6.82. The van der Waals surface area contributed by atoms with Crippen molar-refractivity contribution in [2.24, 2.45) is 4.99 Å². The van der Waals surface area contributed by atoms with Crippen LogP contribution in [0.1, 0.15) is 0 Å². The average molecular weight is 434 g/mol. The van der Waals surface area contributed by atoms with Gasteiger partial charge in [-0.1, -0.05) is 65.1 Å². The lowest BCUT2D eigenvalue weighted by Gasteiger charge is -2.14. The predicted octanol–water partition coefficient (Wildman–Crippen LogP) is 4.98. The van der Waals surface area contributed by atoms with Crippen molar-refractivity contribution in [3.63, 3.8) is 0 Å². The van der Waals surface area contributed by atoms with Gasteiger partial charge in [0.15, 0.2) is 4.80 Å². The zero-order valence-corrected chi connectivity index (χ0v) is 17.6. The SMILES string of the molecule is O[C@H](COc1ccccc1)Cn1c(=Nc2nc3ccccc3s2)sc2ccccc21. The van der Waals surface area contributed by atoms with Crippen LogP contribution in [0.3, 0.4) is 0 Å². The summed E-state index contributed by atoms with van der Waals surface area (Å²) < 4.78 is 10.0. The lowest BCUT2D eigenvalue weighted by Crippen LogP contribution is -2.28. The van der Waals surface area contributed by atoms with E-state index in [9.17, 15) is 5.11 Å². The van der Waals surface area contributed by atoms with Gasteiger partial charge in [0, 0.05) is 0 Å². The fraction of sp³-hybridized carbons (Fsp3) is 0.130. The first-order valence-electron chi connectivity index (χ1n) is 9.61. The van der Waals surface area contributed by atoms with Crippen LogP contribution in [0.4, 0.5) is 5.13 Å². The van der Waals surface area contributed by atoms with Gasteiger partial charge in [-0.15, -0.1) is 0 Å². The predicted molar refractivity (Wildman–Crippen MR) is 123 cm³/mol. The summed E-state index contributed by atoms with van der Waals surface area (Å²) in [6, 6.07) is 25.7. The number of nitrogens with zero attached hydrogens (tertiary/aromatic N) is 3. The molecule has 0 spiro atoms. The minimum absolute atomic E-state index is 0.210. The van der Waals surface area contributed by atoms with E-state index in [1.165, 1.54) is 0 Å². The number of hydrogen-bond acceptors (Lipinski definition) is 6. The summed E-state index contributed by atoms with van der Waals surface area (Å²) in [5.41, 5.74) is 1.99. The second-order valence-corrected chi connectivity index (χ2v) is 8.84. The third-order valence-electron chi connectivity index (χ3n) is 4.64. The maximum absolute atomic E-state index is 10.7. The van der Waals surface area contributed by atoms with Gasteiger partial charge in [0.25, 0.3) is 0 Å². The van der Waals surface area contributed by atoms with Crippen molar-refractivity contribution in [3.05, 3.63) is 83.7 Å². The lowest BCUT2D eigenvalue weighted by molar-refractivity contribution is 0.0929. The summed E-state index contributed by atoms with van der Waals surface area (Å²) in [5.74, 6) is 0.746. The molecule has 1 N–H and O–H groups in total. The number of thiazole rings is 2. The van der Waals surface area contributed by atoms with Gasteiger partial charge in [-0.25, -0.2) is 4.98 Å². The van der Waals surface area contributed by atoms with Crippen LogP contribution in [0, 0.1) is 0 Å². The van der Waals surface area contributed by atoms with Crippen LogP contribution in [0.15, 0.2) is 83.9 Å². The number of aliphatic hydroxyl groups excluding tert-OH is 1. The van der Waals surface area contributed by atoms with Gasteiger partial charge in [0.2, 0.25) is 5.13 Å². The Morgan fingerprint density at radius 3 is 2.47 bits per heavy atom. The van der Waals surface area contributed by atoms with Gasteiger partial charge in [-0.2, -0.15) is 4.99 Å². The molecule has 0 amide bonds. The second kappa shape index (κ2) is 8.39. The normalized spacial score (nSPS) is 13.2. The Labute approximate surface area is 181 Å². The summed E-state index contributed by atoms with van der Waals surface area (Å²) in [7, 11) is 0. The molecule has 0 aliphatic carbocycles. The average Bonchev–Trinajstić information content (AvgIpc) is 3.34. The molecular weight excluding hydrogens is 414 g/mol. The van der Waals surface area contributed by atoms with Gasteiger partial charge >= 0.3 is 0 Å². The molecule has 0 aliphatic rings. The first-order valence-corrected chi connectivity index (χ1v) is 11.2. The standard InChI is InChI=1S/C23H19N3O2S2/c27-16(15-28-17-8-2-1-3-9-17)14-26-19-11-5-7-13-21(19)30-23(26)25-22-24-18-10-4-6-12-20(18)29-22/h1-13,16,27H,14-15H2/t16-/m0/s1. The van der Waals surface area contributed by atoms with Crippen LogP contribution in [0.2, 0.25) is 0 Å². The van der Waals surface area contributed by atoms with Crippen molar-refractivity contribution >= 4 is 48.2 Å². The van der Waals surface area contributed by atoms with Crippen molar-refractivity contribution < 1.29 is 9.84 Å². The molecule has 0 aliphatic heterocycles. The van der Waals surface area contributed by atoms with E-state index in [1.54, 1.807) is 22.7 Å². The van der Waals surface area contributed by atoms with E-state index in [0.717, 1.165) is 31.0 Å². The zero-order valence-electron chi connectivity index (χ0n) is 16.0. The van der Waals surface area contributed by atoms with Crippen molar-refractivity contribution in [1.29, 1.82) is 0 Å². The van der Waals surface area contributed by atoms with Crippen LogP contribution in [0.5, 0.6) is 5.75 Å². The number of fused-ring (bicyclic) bond motifs is 2. The smallest absolute Gasteiger partial charge is 0.212 e. The third kappa shape index (κ3) is 4.00. The molecule has 0 saturated carbocycles. The summed E-state index contributed by atoms with van der Waals surface area (Å²) in [5, 5.41) is 11.4. The topological polar surface area (TPSA) is 59.6 Å². The van der Waals surface area contributed by atoms with Crippen LogP contribution in [-0.4, -0.2) is 27.4 Å². The Hall–Kier alpha value is -3.00. The quantitative estimate of drug-likeness (QED) is 0.411. The fourth-order valence-corrected chi connectivity index (χ4v) is 5.18. The first-order chi connectivity index (χ1) is 14.8. The Morgan fingerprint density at radius 2 is 1.63 bits per heavy atom. The molecule has 0 unspecified atom stereocenters. The van der Waals surface area contributed by atoms with Crippen molar-refractivity contribution in [3.8, 4) is 5.75 Å². The van der Waals surface area contributed by atoms with Gasteiger partial charge in [0.1, 0.15) is 18.5 Å². The molecule has 0 saturated heterocycles. The fourth-order valence-electron chi connectivity index (χ4n) is 3.24. The zero-order chi connectivity index (χ0) is 20.3. The maximum atomic E-state index is 10.7. The molecule has 3 aromatic carbocycles. The Morgan fingerprint density at radius 1 is 0.900 bits per heavy atom. The minimum atomic E-state index is -0.669. The number of aliphatic hydroxyl groups is 1. The molecule has 30 heavy (non-hydrogen) atoms. The molecule has 2 heterocycles. The summed E-state index contributed by atoms with van der Waals surface area (Å²) in [6.07, 6.45) is -0.669. The third-order valence-corrected chi connectivity index (χ3v) is 6.63. The maximum Gasteiger partial charge on any atom is 0.212 e. The molecule has 5 nitrogen and oxygen atoms in total. The van der Waals surface area contributed by atoms with E-state index in [1.807, 2.05) is 71.3 Å². The first kappa shape index (κ1) is 19.0. The van der Waals surface area contributed by atoms with Crippen LogP contribution >= 0.6 is 22.7 Å². The Balaban J connectivity index is 1.47. The highest BCUT2D eigenvalue weighted by molar-refractivity contribution is 7.22. The van der Waals surface area contributed by atoms with Crippen LogP contribution < -0.4 is 9.54 Å². The van der Waals surface area contributed by atoms with Gasteiger partial charge < -0.3 is 14.4 Å². The Kier molecular flexibility index (Phi) is 5.31. The molecule has 1 atom stereocenters. The molecule has 5 aromatic rings. The summed E-state index contributed by atoms with van der Waals surface area (Å²) in [4.78, 5) is 10.3. The minimum Gasteiger partial charge on any atom is -0.491 e. The highest BCUT2D eigenvalue weighted by Crippen LogP contribution is 2.28. The monoisotopic (exact) mass is 433 g/mol. The Bertz CT molecular complexity index is 1320. The number of ether oxygens (including phenoxy) is 1. The van der Waals surface area contributed by atoms with E-state index >= 15 is 0 Å². The summed E-state index contributed by atoms with van der Waals surface area (Å²) >= 11 is 3.16. The number of rotatable bonds is 6. The molecule has 150 valence electrons. The van der Waals surface area contributed by atoms with Gasteiger partial charge in [-0.3, -0.25) is 0 Å². The number of para-hydroxylation sites is 3. The van der Waals surface area contributed by atoms with Crippen LogP contribution in [-0.2, 0) is 6.54 Å². The highest BCUT2D eigenvalue weighted by Gasteiger charge is 2.13. The van der Waals surface area contributed by atoms with Crippen molar-refractivity contribution in [2.75, 3.05) is 6.61 Å². The van der Waals surface area contributed by atoms with E-state index in [-0.39, 0.29) is 6.61 Å². The largest absolute Gasteiger partial charge is 0.491 e. The number of hydrogen-bond donors (Lipinski definition) is 1. The highest BCUT2D eigenvalue weighted by atomic mass is 32.1. The molecule has 0 fully saturated rings. The summed E-state index contributed by atoms with van der Waals surface area (Å²) in [6.45, 7) is 0.600. The molecule has 0 bridgehead atoms. The van der Waals surface area contributed by atoms with Gasteiger partial charge in [0.05, 0.1) is 27.0 Å². The van der Waals surface area contributed by atoms with Crippen LogP contribution in [0.25, 0.3) is 20.4 Å². The van der Waals surface area contributed by atoms with E-state index in [0.29, 0.717) is 11.7 Å². The van der Waals surface area contributed by atoms with Crippen molar-refractivity contribution in [1.82, 2.24) is 9.55 Å². The van der Waals surface area contributed by atoms with Crippen molar-refractivity contribution in [2.45, 2.75) is 12.6 Å². The van der Waals surface area contributed by atoms with E-state index in [4.69, 9.17) is 9.73 Å². The number of benzene rings is 3. The molecule has 0 radical (unpaired) electrons. The molecule has 7 heteroatoms. The van der Waals surface area contributed by atoms with E-state index < -0.39 is 6.10 Å². The molecule has 2 aromatic heterocycles.